The van der Waals surface area contributed by atoms with E-state index in [9.17, 15) is 0 Å². The van der Waals surface area contributed by atoms with Gasteiger partial charge in [-0.15, -0.1) is 11.3 Å². The second kappa shape index (κ2) is 5.80. The molecule has 0 aliphatic heterocycles. The lowest BCUT2D eigenvalue weighted by Crippen LogP contribution is -2.10. The summed E-state index contributed by atoms with van der Waals surface area (Å²) >= 11 is 3.07. The fourth-order valence-electron chi connectivity index (χ4n) is 1.19. The minimum absolute atomic E-state index is 0.594. The molecule has 17 heavy (non-hydrogen) atoms. The Morgan fingerprint density at radius 3 is 2.88 bits per heavy atom. The summed E-state index contributed by atoms with van der Waals surface area (Å²) in [5.74, 6) is 6.68. The topological polar surface area (TPSA) is 88.8 Å². The van der Waals surface area contributed by atoms with Crippen molar-refractivity contribution in [2.24, 2.45) is 5.84 Å². The monoisotopic (exact) mass is 268 g/mol. The third-order valence-corrected chi connectivity index (χ3v) is 3.29. The second-order valence-electron chi connectivity index (χ2n) is 3.09. The van der Waals surface area contributed by atoms with E-state index in [-0.39, 0.29) is 0 Å². The van der Waals surface area contributed by atoms with E-state index in [1.807, 2.05) is 12.5 Å². The Morgan fingerprint density at radius 1 is 1.41 bits per heavy atom. The van der Waals surface area contributed by atoms with Gasteiger partial charge in [-0.2, -0.15) is 0 Å². The molecular formula is C9H12N6S2. The van der Waals surface area contributed by atoms with E-state index < -0.39 is 0 Å². The molecule has 0 aliphatic rings. The van der Waals surface area contributed by atoms with Gasteiger partial charge in [0.1, 0.15) is 11.6 Å². The molecule has 2 aromatic heterocycles. The van der Waals surface area contributed by atoms with Crippen molar-refractivity contribution < 1.29 is 0 Å². The van der Waals surface area contributed by atoms with Crippen LogP contribution in [0.1, 0.15) is 4.88 Å². The van der Waals surface area contributed by atoms with Crippen LogP contribution in [0, 0.1) is 0 Å². The highest BCUT2D eigenvalue weighted by Crippen LogP contribution is 2.17. The van der Waals surface area contributed by atoms with Crippen LogP contribution in [0.25, 0.3) is 0 Å². The van der Waals surface area contributed by atoms with Gasteiger partial charge in [0.15, 0.2) is 5.16 Å². The molecule has 2 heterocycles. The summed E-state index contributed by atoms with van der Waals surface area (Å²) in [6.45, 7) is 0.694. The molecule has 0 fully saturated rings. The molecule has 0 spiro atoms. The smallest absolute Gasteiger partial charge is 0.191 e. The normalized spacial score (nSPS) is 10.2. The number of hydrogen-bond acceptors (Lipinski definition) is 8. The van der Waals surface area contributed by atoms with E-state index in [1.165, 1.54) is 11.8 Å². The van der Waals surface area contributed by atoms with Crippen molar-refractivity contribution in [1.29, 1.82) is 0 Å². The maximum atomic E-state index is 5.35. The lowest BCUT2D eigenvalue weighted by atomic mass is 10.5. The summed E-state index contributed by atoms with van der Waals surface area (Å²) in [7, 11) is 0. The number of aromatic nitrogens is 3. The second-order valence-corrected chi connectivity index (χ2v) is 4.84. The number of rotatable bonds is 5. The minimum Gasteiger partial charge on any atom is -0.365 e. The van der Waals surface area contributed by atoms with Gasteiger partial charge in [-0.05, 0) is 6.26 Å². The van der Waals surface area contributed by atoms with Gasteiger partial charge in [0.2, 0.25) is 0 Å². The van der Waals surface area contributed by atoms with Gasteiger partial charge in [-0.1, -0.05) is 11.8 Å². The molecule has 0 radical (unpaired) electrons. The molecule has 0 aliphatic carbocycles. The number of hydrazine groups is 1. The Bertz CT molecular complexity index is 450. The van der Waals surface area contributed by atoms with Crippen LogP contribution in [0.3, 0.4) is 0 Å². The maximum Gasteiger partial charge on any atom is 0.191 e. The molecule has 4 N–H and O–H groups in total. The van der Waals surface area contributed by atoms with E-state index in [0.29, 0.717) is 17.5 Å². The number of nitrogen functional groups attached to an aromatic ring is 1. The Balaban J connectivity index is 2.09. The zero-order valence-corrected chi connectivity index (χ0v) is 10.8. The number of thioether (sulfide) groups is 1. The van der Waals surface area contributed by atoms with Crippen LogP contribution in [0.5, 0.6) is 0 Å². The van der Waals surface area contributed by atoms with Crippen LogP contribution >= 0.6 is 23.1 Å². The quantitative estimate of drug-likeness (QED) is 0.328. The predicted octanol–water partition coefficient (Wildman–Crippen LogP) is 1.55. The molecule has 0 aromatic carbocycles. The van der Waals surface area contributed by atoms with Gasteiger partial charge in [0.05, 0.1) is 12.1 Å². The first-order valence-electron chi connectivity index (χ1n) is 4.82. The van der Waals surface area contributed by atoms with Crippen molar-refractivity contribution in [1.82, 2.24) is 15.0 Å². The molecule has 2 aromatic rings. The molecule has 0 unspecified atom stereocenters. The Morgan fingerprint density at radius 2 is 2.24 bits per heavy atom. The number of nitrogens with two attached hydrogens (primary N) is 1. The van der Waals surface area contributed by atoms with Crippen molar-refractivity contribution in [3.8, 4) is 0 Å². The molecule has 0 amide bonds. The standard InChI is InChI=1S/C9H12N6S2/c1-16-9-13-7(2-8(14-9)15-10)12-4-6-3-11-5-17-6/h2-3,5H,4,10H2,1H3,(H2,12,13,14,15). The van der Waals surface area contributed by atoms with Crippen LogP contribution < -0.4 is 16.6 Å². The van der Waals surface area contributed by atoms with Gasteiger partial charge in [-0.3, -0.25) is 4.98 Å². The number of anilines is 2. The SMILES string of the molecule is CSc1nc(NN)cc(NCc2cncs2)n1. The highest BCUT2D eigenvalue weighted by atomic mass is 32.2. The van der Waals surface area contributed by atoms with Crippen molar-refractivity contribution in [2.45, 2.75) is 11.7 Å². The van der Waals surface area contributed by atoms with Crippen LogP contribution in [0.4, 0.5) is 11.6 Å². The third kappa shape index (κ3) is 3.29. The summed E-state index contributed by atoms with van der Waals surface area (Å²) in [6, 6.07) is 1.76. The number of nitrogens with one attached hydrogen (secondary N) is 2. The molecule has 2 rings (SSSR count). The molecule has 0 bridgehead atoms. The number of nitrogens with zero attached hydrogens (tertiary/aromatic N) is 3. The van der Waals surface area contributed by atoms with Crippen LogP contribution in [0.15, 0.2) is 22.9 Å². The fraction of sp³-hybridized carbons (Fsp3) is 0.222. The average Bonchev–Trinajstić information content (AvgIpc) is 2.89. The van der Waals surface area contributed by atoms with Crippen LogP contribution in [-0.2, 0) is 6.54 Å². The lowest BCUT2D eigenvalue weighted by Gasteiger charge is -2.07. The predicted molar refractivity (Wildman–Crippen MR) is 71.1 cm³/mol. The number of thiazole rings is 1. The highest BCUT2D eigenvalue weighted by Gasteiger charge is 2.03. The minimum atomic E-state index is 0.594. The van der Waals surface area contributed by atoms with Crippen LogP contribution in [0.2, 0.25) is 0 Å². The summed E-state index contributed by atoms with van der Waals surface area (Å²) < 4.78 is 0. The third-order valence-electron chi connectivity index (χ3n) is 1.96. The van der Waals surface area contributed by atoms with E-state index >= 15 is 0 Å². The molecule has 90 valence electrons. The van der Waals surface area contributed by atoms with Gasteiger partial charge in [0.25, 0.3) is 0 Å². The zero-order valence-electron chi connectivity index (χ0n) is 9.17. The van der Waals surface area contributed by atoms with Crippen molar-refractivity contribution in [3.05, 3.63) is 22.7 Å². The van der Waals surface area contributed by atoms with Crippen LogP contribution in [-0.4, -0.2) is 21.2 Å². The van der Waals surface area contributed by atoms with Gasteiger partial charge in [-0.25, -0.2) is 15.8 Å². The van der Waals surface area contributed by atoms with Crippen molar-refractivity contribution in [2.75, 3.05) is 17.0 Å². The largest absolute Gasteiger partial charge is 0.365 e. The summed E-state index contributed by atoms with van der Waals surface area (Å²) in [6.07, 6.45) is 3.75. The van der Waals surface area contributed by atoms with E-state index in [0.717, 1.165) is 10.7 Å². The first-order valence-corrected chi connectivity index (χ1v) is 6.93. The Labute approximate surface area is 107 Å². The average molecular weight is 268 g/mol. The number of hydrogen-bond donors (Lipinski definition) is 3. The van der Waals surface area contributed by atoms with E-state index in [4.69, 9.17) is 5.84 Å². The van der Waals surface area contributed by atoms with Crippen molar-refractivity contribution >= 4 is 34.7 Å². The molecule has 0 atom stereocenters. The van der Waals surface area contributed by atoms with E-state index in [2.05, 4.69) is 25.7 Å². The van der Waals surface area contributed by atoms with Crippen molar-refractivity contribution in [3.63, 3.8) is 0 Å². The lowest BCUT2D eigenvalue weighted by molar-refractivity contribution is 0.955. The Kier molecular flexibility index (Phi) is 4.13. The zero-order chi connectivity index (χ0) is 12.1. The summed E-state index contributed by atoms with van der Waals surface area (Å²) in [5, 5.41) is 3.88. The summed E-state index contributed by atoms with van der Waals surface area (Å²) in [4.78, 5) is 13.7. The van der Waals surface area contributed by atoms with Gasteiger partial charge >= 0.3 is 0 Å². The first-order chi connectivity index (χ1) is 8.31. The van der Waals surface area contributed by atoms with Gasteiger partial charge < -0.3 is 10.7 Å². The maximum absolute atomic E-state index is 5.35. The highest BCUT2D eigenvalue weighted by molar-refractivity contribution is 7.98. The molecule has 0 saturated carbocycles. The molecule has 8 heteroatoms. The molecular weight excluding hydrogens is 256 g/mol. The molecule has 6 nitrogen and oxygen atoms in total. The van der Waals surface area contributed by atoms with Gasteiger partial charge in [0, 0.05) is 17.1 Å². The molecule has 0 saturated heterocycles. The fourth-order valence-corrected chi connectivity index (χ4v) is 2.10. The first kappa shape index (κ1) is 12.1. The summed E-state index contributed by atoms with van der Waals surface area (Å²) in [5.41, 5.74) is 4.32. The Hall–Kier alpha value is -1.38. The van der Waals surface area contributed by atoms with E-state index in [1.54, 1.807) is 22.9 Å².